The van der Waals surface area contributed by atoms with E-state index in [2.05, 4.69) is 20.1 Å². The summed E-state index contributed by atoms with van der Waals surface area (Å²) in [5.41, 5.74) is 2.38. The monoisotopic (exact) mass is 377 g/mol. The van der Waals surface area contributed by atoms with Gasteiger partial charge in [0.1, 0.15) is 16.5 Å². The molecule has 26 heavy (non-hydrogen) atoms. The van der Waals surface area contributed by atoms with Gasteiger partial charge in [0, 0.05) is 11.8 Å². The van der Waals surface area contributed by atoms with Gasteiger partial charge in [-0.2, -0.15) is 18.3 Å². The van der Waals surface area contributed by atoms with Crippen molar-refractivity contribution in [3.05, 3.63) is 52.4 Å². The van der Waals surface area contributed by atoms with Crippen molar-refractivity contribution >= 4 is 28.3 Å². The molecule has 0 aliphatic carbocycles. The predicted octanol–water partition coefficient (Wildman–Crippen LogP) is 4.63. The molecular formula is C17H11ClF3N5. The molecule has 0 saturated carbocycles. The number of halogens is 4. The van der Waals surface area contributed by atoms with Crippen LogP contribution in [0.4, 0.5) is 13.2 Å². The zero-order chi connectivity index (χ0) is 18.6. The van der Waals surface area contributed by atoms with Crippen LogP contribution in [0.25, 0.3) is 28.1 Å². The van der Waals surface area contributed by atoms with Crippen LogP contribution in [0.15, 0.2) is 30.3 Å². The van der Waals surface area contributed by atoms with Crippen LogP contribution in [0.2, 0.25) is 5.15 Å². The topological polar surface area (TPSA) is 56.0 Å². The van der Waals surface area contributed by atoms with Crippen molar-refractivity contribution in [2.24, 2.45) is 0 Å². The maximum atomic E-state index is 13.0. The van der Waals surface area contributed by atoms with E-state index >= 15 is 0 Å². The Morgan fingerprint density at radius 3 is 2.46 bits per heavy atom. The van der Waals surface area contributed by atoms with Gasteiger partial charge in [0.25, 0.3) is 0 Å². The Bertz CT molecular complexity index is 1170. The molecule has 0 atom stereocenters. The van der Waals surface area contributed by atoms with Crippen molar-refractivity contribution in [3.63, 3.8) is 0 Å². The summed E-state index contributed by atoms with van der Waals surface area (Å²) in [7, 11) is 0. The van der Waals surface area contributed by atoms with Gasteiger partial charge in [-0.15, -0.1) is 0 Å². The second-order valence-electron chi connectivity index (χ2n) is 5.88. The van der Waals surface area contributed by atoms with Gasteiger partial charge < -0.3 is 0 Å². The van der Waals surface area contributed by atoms with Gasteiger partial charge in [-0.3, -0.25) is 0 Å². The van der Waals surface area contributed by atoms with E-state index in [0.717, 1.165) is 17.8 Å². The summed E-state index contributed by atoms with van der Waals surface area (Å²) in [4.78, 5) is 13.1. The third-order valence-corrected chi connectivity index (χ3v) is 4.19. The molecule has 9 heteroatoms. The van der Waals surface area contributed by atoms with Crippen LogP contribution >= 0.6 is 11.6 Å². The second kappa shape index (κ2) is 5.63. The van der Waals surface area contributed by atoms with Gasteiger partial charge in [0.15, 0.2) is 5.65 Å². The van der Waals surface area contributed by atoms with Crippen molar-refractivity contribution in [2.45, 2.75) is 20.0 Å². The quantitative estimate of drug-likeness (QED) is 0.454. The number of fused-ring (bicyclic) bond motifs is 2. The van der Waals surface area contributed by atoms with Crippen LogP contribution in [-0.4, -0.2) is 24.6 Å². The molecule has 0 amide bonds. The number of nitrogens with zero attached hydrogens (tertiary/aromatic N) is 5. The van der Waals surface area contributed by atoms with Gasteiger partial charge in [-0.25, -0.2) is 19.5 Å². The molecule has 0 bridgehead atoms. The Morgan fingerprint density at radius 1 is 0.962 bits per heavy atom. The van der Waals surface area contributed by atoms with Gasteiger partial charge in [0.05, 0.1) is 22.3 Å². The first kappa shape index (κ1) is 16.7. The minimum atomic E-state index is -4.45. The van der Waals surface area contributed by atoms with Crippen molar-refractivity contribution in [3.8, 4) is 11.4 Å². The summed E-state index contributed by atoms with van der Waals surface area (Å²) in [5.74, 6) is 0. The molecule has 5 nitrogen and oxygen atoms in total. The Labute approximate surface area is 150 Å². The summed E-state index contributed by atoms with van der Waals surface area (Å²) in [5, 5.41) is 4.74. The Morgan fingerprint density at radius 2 is 1.73 bits per heavy atom. The van der Waals surface area contributed by atoms with E-state index in [4.69, 9.17) is 11.6 Å². The van der Waals surface area contributed by atoms with Crippen molar-refractivity contribution in [1.82, 2.24) is 24.6 Å². The average Bonchev–Trinajstić information content (AvgIpc) is 2.96. The van der Waals surface area contributed by atoms with E-state index in [1.807, 2.05) is 0 Å². The maximum Gasteiger partial charge on any atom is 0.416 e. The van der Waals surface area contributed by atoms with Crippen molar-refractivity contribution < 1.29 is 13.2 Å². The molecule has 132 valence electrons. The summed E-state index contributed by atoms with van der Waals surface area (Å²) in [6.07, 6.45) is -4.45. The van der Waals surface area contributed by atoms with Crippen molar-refractivity contribution in [2.75, 3.05) is 0 Å². The number of aromatic nitrogens is 5. The van der Waals surface area contributed by atoms with E-state index < -0.39 is 11.7 Å². The normalized spacial score (nSPS) is 12.2. The molecule has 1 aromatic carbocycles. The molecule has 3 heterocycles. The van der Waals surface area contributed by atoms with Crippen LogP contribution in [0.5, 0.6) is 0 Å². The van der Waals surface area contributed by atoms with Gasteiger partial charge in [-0.1, -0.05) is 11.6 Å². The number of benzene rings is 1. The molecule has 0 spiro atoms. The first-order valence-electron chi connectivity index (χ1n) is 7.61. The number of hydrogen-bond acceptors (Lipinski definition) is 4. The summed E-state index contributed by atoms with van der Waals surface area (Å²) in [6, 6.07) is 6.63. The minimum Gasteiger partial charge on any atom is -0.249 e. The molecule has 0 radical (unpaired) electrons. The SMILES string of the molecule is Cc1cc(Cl)n2nc(-c3nc4cc(C(F)(F)F)ccc4nc3C)cc2n1. The summed E-state index contributed by atoms with van der Waals surface area (Å²) < 4.78 is 40.3. The Hall–Kier alpha value is -2.74. The third kappa shape index (κ3) is 2.76. The zero-order valence-corrected chi connectivity index (χ0v) is 14.4. The lowest BCUT2D eigenvalue weighted by atomic mass is 10.1. The lowest BCUT2D eigenvalue weighted by Crippen LogP contribution is -2.05. The first-order chi connectivity index (χ1) is 12.2. The van der Waals surface area contributed by atoms with Crippen LogP contribution in [0.3, 0.4) is 0 Å². The van der Waals surface area contributed by atoms with Crippen LogP contribution in [0.1, 0.15) is 17.0 Å². The molecule has 4 aromatic rings. The summed E-state index contributed by atoms with van der Waals surface area (Å²) >= 11 is 6.17. The third-order valence-electron chi connectivity index (χ3n) is 3.92. The zero-order valence-electron chi connectivity index (χ0n) is 13.6. The molecule has 0 aliphatic heterocycles. The van der Waals surface area contributed by atoms with Gasteiger partial charge in [-0.05, 0) is 38.1 Å². The van der Waals surface area contributed by atoms with Gasteiger partial charge >= 0.3 is 6.18 Å². The molecule has 0 saturated heterocycles. The van der Waals surface area contributed by atoms with E-state index in [1.54, 1.807) is 26.0 Å². The average molecular weight is 378 g/mol. The molecule has 0 aliphatic rings. The molecule has 3 aromatic heterocycles. The van der Waals surface area contributed by atoms with Crippen LogP contribution in [0, 0.1) is 13.8 Å². The van der Waals surface area contributed by atoms with Crippen LogP contribution < -0.4 is 0 Å². The predicted molar refractivity (Wildman–Crippen MR) is 91.0 cm³/mol. The highest BCUT2D eigenvalue weighted by molar-refractivity contribution is 6.29. The lowest BCUT2D eigenvalue weighted by molar-refractivity contribution is -0.137. The highest BCUT2D eigenvalue weighted by atomic mass is 35.5. The number of rotatable bonds is 1. The molecule has 0 unspecified atom stereocenters. The largest absolute Gasteiger partial charge is 0.416 e. The van der Waals surface area contributed by atoms with E-state index in [9.17, 15) is 13.2 Å². The molecular weight excluding hydrogens is 367 g/mol. The second-order valence-corrected chi connectivity index (χ2v) is 6.27. The van der Waals surface area contributed by atoms with E-state index in [1.165, 1.54) is 10.6 Å². The molecule has 0 N–H and O–H groups in total. The maximum absolute atomic E-state index is 13.0. The fourth-order valence-corrected chi connectivity index (χ4v) is 3.01. The van der Waals surface area contributed by atoms with E-state index in [0.29, 0.717) is 33.4 Å². The smallest absolute Gasteiger partial charge is 0.249 e. The van der Waals surface area contributed by atoms with Crippen molar-refractivity contribution in [1.29, 1.82) is 0 Å². The molecule has 0 fully saturated rings. The fourth-order valence-electron chi connectivity index (χ4n) is 2.73. The number of aryl methyl sites for hydroxylation is 2. The standard InChI is InChI=1S/C17H11ClF3N5/c1-8-5-14(18)26-15(22-8)7-13(25-26)16-9(2)23-11-4-3-10(17(19,20)21)6-12(11)24-16/h3-7H,1-2H3. The Balaban J connectivity index is 1.93. The van der Waals surface area contributed by atoms with Crippen LogP contribution in [-0.2, 0) is 6.18 Å². The lowest BCUT2D eigenvalue weighted by Gasteiger charge is -2.08. The number of hydrogen-bond donors (Lipinski definition) is 0. The highest BCUT2D eigenvalue weighted by Crippen LogP contribution is 2.32. The Kier molecular flexibility index (Phi) is 3.62. The summed E-state index contributed by atoms with van der Waals surface area (Å²) in [6.45, 7) is 3.53. The highest BCUT2D eigenvalue weighted by Gasteiger charge is 2.30. The van der Waals surface area contributed by atoms with Gasteiger partial charge in [0.2, 0.25) is 0 Å². The fraction of sp³-hybridized carbons (Fsp3) is 0.176. The first-order valence-corrected chi connectivity index (χ1v) is 7.99. The minimum absolute atomic E-state index is 0.146. The van der Waals surface area contributed by atoms with E-state index in [-0.39, 0.29) is 5.52 Å². The molecule has 4 rings (SSSR count). The number of alkyl halides is 3.